The molecule has 1 fully saturated rings. The Morgan fingerprint density at radius 2 is 1.64 bits per heavy atom. The van der Waals surface area contributed by atoms with Gasteiger partial charge in [0.15, 0.2) is 0 Å². The number of piperazine rings is 1. The first-order valence-electron chi connectivity index (χ1n) is 8.86. The van der Waals surface area contributed by atoms with Crippen LogP contribution in [0.25, 0.3) is 0 Å². The Morgan fingerprint density at radius 1 is 0.929 bits per heavy atom. The second-order valence-corrected chi connectivity index (χ2v) is 6.66. The lowest BCUT2D eigenvalue weighted by molar-refractivity contribution is 0.0740. The summed E-state index contributed by atoms with van der Waals surface area (Å²) >= 11 is 5.90. The number of nitrogens with one attached hydrogen (secondary N) is 1. The van der Waals surface area contributed by atoms with Crippen LogP contribution in [0.1, 0.15) is 10.5 Å². The second kappa shape index (κ2) is 8.18. The van der Waals surface area contributed by atoms with E-state index in [0.717, 1.165) is 5.69 Å². The first kappa shape index (κ1) is 18.1. The Balaban J connectivity index is 1.40. The summed E-state index contributed by atoms with van der Waals surface area (Å²) in [5.41, 5.74) is 1.15. The summed E-state index contributed by atoms with van der Waals surface area (Å²) in [6.45, 7) is 2.52. The number of nitrogens with zero attached hydrogens (tertiary/aromatic N) is 6. The second-order valence-electron chi connectivity index (χ2n) is 6.23. The number of anilines is 3. The van der Waals surface area contributed by atoms with Crippen LogP contribution in [-0.2, 0) is 0 Å². The predicted octanol–water partition coefficient (Wildman–Crippen LogP) is 2.63. The lowest BCUT2D eigenvalue weighted by atomic mass is 10.2. The summed E-state index contributed by atoms with van der Waals surface area (Å²) in [5, 5.41) is 3.73. The van der Waals surface area contributed by atoms with Crippen LogP contribution in [0.5, 0.6) is 0 Å². The minimum Gasteiger partial charge on any atom is -0.337 e. The third-order valence-electron chi connectivity index (χ3n) is 4.38. The van der Waals surface area contributed by atoms with E-state index in [9.17, 15) is 4.79 Å². The Labute approximate surface area is 167 Å². The lowest BCUT2D eigenvalue weighted by Crippen LogP contribution is -2.49. The van der Waals surface area contributed by atoms with Crippen molar-refractivity contribution >= 4 is 35.1 Å². The summed E-state index contributed by atoms with van der Waals surface area (Å²) in [6, 6.07) is 10.6. The fourth-order valence-electron chi connectivity index (χ4n) is 2.93. The van der Waals surface area contributed by atoms with Gasteiger partial charge < -0.3 is 15.1 Å². The van der Waals surface area contributed by atoms with Gasteiger partial charge in [-0.15, -0.1) is 0 Å². The Hall–Kier alpha value is -3.26. The first-order chi connectivity index (χ1) is 13.7. The number of benzene rings is 1. The molecule has 0 atom stereocenters. The smallest absolute Gasteiger partial charge is 0.272 e. The summed E-state index contributed by atoms with van der Waals surface area (Å²) in [6.07, 6.45) is 5.01. The molecule has 2 aromatic heterocycles. The summed E-state index contributed by atoms with van der Waals surface area (Å²) in [7, 11) is 0. The Morgan fingerprint density at radius 3 is 2.36 bits per heavy atom. The van der Waals surface area contributed by atoms with Crippen molar-refractivity contribution in [1.29, 1.82) is 0 Å². The minimum absolute atomic E-state index is 0.116. The maximum Gasteiger partial charge on any atom is 0.272 e. The van der Waals surface area contributed by atoms with Crippen LogP contribution < -0.4 is 10.2 Å². The molecule has 1 amide bonds. The van der Waals surface area contributed by atoms with Gasteiger partial charge in [-0.05, 0) is 36.4 Å². The first-order valence-corrected chi connectivity index (χ1v) is 9.24. The van der Waals surface area contributed by atoms with E-state index in [4.69, 9.17) is 11.6 Å². The molecule has 0 bridgehead atoms. The van der Waals surface area contributed by atoms with Crippen molar-refractivity contribution in [3.63, 3.8) is 0 Å². The van der Waals surface area contributed by atoms with Crippen molar-refractivity contribution < 1.29 is 4.79 Å². The van der Waals surface area contributed by atoms with E-state index in [-0.39, 0.29) is 5.91 Å². The number of carbonyl (C=O) groups is 1. The van der Waals surface area contributed by atoms with Crippen LogP contribution in [0.3, 0.4) is 0 Å². The molecule has 28 heavy (non-hydrogen) atoms. The van der Waals surface area contributed by atoms with Crippen LogP contribution in [0.2, 0.25) is 5.02 Å². The normalized spacial score (nSPS) is 14.0. The van der Waals surface area contributed by atoms with Crippen molar-refractivity contribution in [2.24, 2.45) is 0 Å². The molecular weight excluding hydrogens is 378 g/mol. The topological polar surface area (TPSA) is 87.1 Å². The summed E-state index contributed by atoms with van der Waals surface area (Å²) in [5.74, 6) is 0.936. The van der Waals surface area contributed by atoms with E-state index >= 15 is 0 Å². The van der Waals surface area contributed by atoms with Crippen LogP contribution in [0.15, 0.2) is 55.0 Å². The quantitative estimate of drug-likeness (QED) is 0.726. The van der Waals surface area contributed by atoms with E-state index in [0.29, 0.717) is 48.8 Å². The van der Waals surface area contributed by atoms with Gasteiger partial charge in [-0.3, -0.25) is 4.79 Å². The number of carbonyl (C=O) groups excluding carboxylic acids is 1. The van der Waals surface area contributed by atoms with E-state index in [2.05, 4.69) is 30.2 Å². The van der Waals surface area contributed by atoms with Crippen molar-refractivity contribution in [2.75, 3.05) is 36.4 Å². The molecule has 142 valence electrons. The molecule has 1 N–H and O–H groups in total. The number of rotatable bonds is 4. The molecule has 8 nitrogen and oxygen atoms in total. The maximum atomic E-state index is 12.8. The molecule has 1 aromatic carbocycles. The summed E-state index contributed by atoms with van der Waals surface area (Å²) in [4.78, 5) is 33.8. The number of hydrogen-bond donors (Lipinski definition) is 1. The van der Waals surface area contributed by atoms with E-state index in [1.54, 1.807) is 47.8 Å². The van der Waals surface area contributed by atoms with Crippen LogP contribution in [0.4, 0.5) is 17.6 Å². The molecule has 3 heterocycles. The van der Waals surface area contributed by atoms with Crippen molar-refractivity contribution in [3.8, 4) is 0 Å². The van der Waals surface area contributed by atoms with Crippen molar-refractivity contribution in [1.82, 2.24) is 24.8 Å². The molecule has 3 aromatic rings. The van der Waals surface area contributed by atoms with Gasteiger partial charge in [-0.25, -0.2) is 19.9 Å². The summed E-state index contributed by atoms with van der Waals surface area (Å²) < 4.78 is 0. The fraction of sp³-hybridized carbons (Fsp3) is 0.211. The van der Waals surface area contributed by atoms with Crippen LogP contribution >= 0.6 is 11.6 Å². The van der Waals surface area contributed by atoms with Gasteiger partial charge in [0.05, 0.1) is 0 Å². The fourth-order valence-corrected chi connectivity index (χ4v) is 3.05. The van der Waals surface area contributed by atoms with Gasteiger partial charge in [-0.1, -0.05) is 11.6 Å². The zero-order valence-electron chi connectivity index (χ0n) is 15.0. The molecule has 0 unspecified atom stereocenters. The van der Waals surface area contributed by atoms with Gasteiger partial charge in [0.2, 0.25) is 11.9 Å². The van der Waals surface area contributed by atoms with Gasteiger partial charge in [0.1, 0.15) is 5.69 Å². The van der Waals surface area contributed by atoms with E-state index < -0.39 is 0 Å². The van der Waals surface area contributed by atoms with Gasteiger partial charge in [0, 0.05) is 55.5 Å². The highest BCUT2D eigenvalue weighted by Crippen LogP contribution is 2.17. The Kier molecular flexibility index (Phi) is 5.29. The van der Waals surface area contributed by atoms with Crippen LogP contribution in [-0.4, -0.2) is 56.9 Å². The molecule has 0 aliphatic carbocycles. The zero-order valence-corrected chi connectivity index (χ0v) is 15.8. The number of hydrogen-bond acceptors (Lipinski definition) is 7. The third-order valence-corrected chi connectivity index (χ3v) is 4.63. The molecule has 1 saturated heterocycles. The van der Waals surface area contributed by atoms with Gasteiger partial charge in [0.25, 0.3) is 5.91 Å². The minimum atomic E-state index is -0.116. The molecule has 0 saturated carbocycles. The molecule has 0 radical (unpaired) electrons. The van der Waals surface area contributed by atoms with Gasteiger partial charge in [-0.2, -0.15) is 0 Å². The average Bonchev–Trinajstić information content (AvgIpc) is 2.76. The lowest BCUT2D eigenvalue weighted by Gasteiger charge is -2.34. The number of aromatic nitrogens is 4. The standard InChI is InChI=1S/C19H18ClN7O/c20-14-2-4-15(5-3-14)24-18-21-9-6-16(25-18)17(28)26-10-12-27(13-11-26)19-22-7-1-8-23-19/h1-9H,10-13H2,(H,21,24,25). The highest BCUT2D eigenvalue weighted by Gasteiger charge is 2.24. The molecule has 4 rings (SSSR count). The van der Waals surface area contributed by atoms with E-state index in [1.165, 1.54) is 0 Å². The molecule has 1 aliphatic heterocycles. The average molecular weight is 396 g/mol. The highest BCUT2D eigenvalue weighted by atomic mass is 35.5. The molecule has 0 spiro atoms. The van der Waals surface area contributed by atoms with Crippen LogP contribution in [0, 0.1) is 0 Å². The largest absolute Gasteiger partial charge is 0.337 e. The number of amides is 1. The van der Waals surface area contributed by atoms with Crippen molar-refractivity contribution in [3.05, 3.63) is 65.7 Å². The molecule has 9 heteroatoms. The SMILES string of the molecule is O=C(c1ccnc(Nc2ccc(Cl)cc2)n1)N1CCN(c2ncccn2)CC1. The predicted molar refractivity (Wildman–Crippen MR) is 107 cm³/mol. The monoisotopic (exact) mass is 395 g/mol. The Bertz CT molecular complexity index is 944. The molecular formula is C19H18ClN7O. The zero-order chi connectivity index (χ0) is 19.3. The number of halogens is 1. The van der Waals surface area contributed by atoms with E-state index in [1.807, 2.05) is 12.1 Å². The third kappa shape index (κ3) is 4.17. The van der Waals surface area contributed by atoms with Gasteiger partial charge >= 0.3 is 0 Å². The highest BCUT2D eigenvalue weighted by molar-refractivity contribution is 6.30. The maximum absolute atomic E-state index is 12.8. The van der Waals surface area contributed by atoms with Crippen molar-refractivity contribution in [2.45, 2.75) is 0 Å². The molecule has 1 aliphatic rings.